The van der Waals surface area contributed by atoms with Gasteiger partial charge in [-0.2, -0.15) is 0 Å². The van der Waals surface area contributed by atoms with E-state index in [0.717, 1.165) is 23.9 Å². The second-order valence-electron chi connectivity index (χ2n) is 3.77. The Balaban J connectivity index is 2.09. The van der Waals surface area contributed by atoms with Crippen molar-refractivity contribution in [2.45, 2.75) is 6.42 Å². The lowest BCUT2D eigenvalue weighted by Crippen LogP contribution is -2.20. The number of aromatic amines is 1. The summed E-state index contributed by atoms with van der Waals surface area (Å²) in [7, 11) is 0. The smallest absolute Gasteiger partial charge is 0.116 e. The molecule has 0 saturated heterocycles. The van der Waals surface area contributed by atoms with E-state index in [4.69, 9.17) is 5.11 Å². The molecule has 1 aromatic carbocycles. The molecule has 1 heterocycles. The number of phenolic OH excluding ortho intramolecular Hbond substituents is 1. The van der Waals surface area contributed by atoms with E-state index in [1.807, 2.05) is 12.3 Å². The van der Waals surface area contributed by atoms with Crippen molar-refractivity contribution >= 4 is 10.9 Å². The predicted octanol–water partition coefficient (Wildman–Crippen LogP) is 0.998. The highest BCUT2D eigenvalue weighted by Gasteiger charge is 2.03. The second kappa shape index (κ2) is 5.01. The first-order valence-corrected chi connectivity index (χ1v) is 5.42. The third-order valence-electron chi connectivity index (χ3n) is 2.61. The van der Waals surface area contributed by atoms with Gasteiger partial charge >= 0.3 is 0 Å². The summed E-state index contributed by atoms with van der Waals surface area (Å²) in [6.45, 7) is 1.60. The zero-order chi connectivity index (χ0) is 11.4. The van der Waals surface area contributed by atoms with E-state index in [1.165, 1.54) is 5.56 Å². The van der Waals surface area contributed by atoms with Crippen LogP contribution in [0.25, 0.3) is 10.9 Å². The molecule has 0 radical (unpaired) electrons. The van der Waals surface area contributed by atoms with Gasteiger partial charge in [-0.15, -0.1) is 0 Å². The van der Waals surface area contributed by atoms with E-state index in [2.05, 4.69) is 10.3 Å². The summed E-state index contributed by atoms with van der Waals surface area (Å²) >= 11 is 0. The number of rotatable bonds is 5. The Morgan fingerprint density at radius 3 is 2.94 bits per heavy atom. The molecule has 86 valence electrons. The lowest BCUT2D eigenvalue weighted by Gasteiger charge is -2.01. The van der Waals surface area contributed by atoms with Crippen LogP contribution in [0.15, 0.2) is 24.4 Å². The van der Waals surface area contributed by atoms with Crippen molar-refractivity contribution in [1.82, 2.24) is 10.3 Å². The standard InChI is InChI=1S/C12H16N2O2/c15-6-5-13-4-3-9-8-14-12-2-1-10(16)7-11(9)12/h1-2,7-8,13-16H,3-6H2. The van der Waals surface area contributed by atoms with Crippen molar-refractivity contribution in [2.75, 3.05) is 19.7 Å². The van der Waals surface area contributed by atoms with E-state index in [0.29, 0.717) is 6.54 Å². The number of hydrogen-bond donors (Lipinski definition) is 4. The van der Waals surface area contributed by atoms with Crippen LogP contribution in [0.4, 0.5) is 0 Å². The minimum atomic E-state index is 0.161. The van der Waals surface area contributed by atoms with Crippen LogP contribution >= 0.6 is 0 Å². The van der Waals surface area contributed by atoms with Gasteiger partial charge in [0.15, 0.2) is 0 Å². The quantitative estimate of drug-likeness (QED) is 0.568. The average Bonchev–Trinajstić information content (AvgIpc) is 2.67. The van der Waals surface area contributed by atoms with Gasteiger partial charge in [-0.3, -0.25) is 0 Å². The first kappa shape index (κ1) is 11.0. The fourth-order valence-electron chi connectivity index (χ4n) is 1.80. The van der Waals surface area contributed by atoms with E-state index in [-0.39, 0.29) is 12.4 Å². The van der Waals surface area contributed by atoms with Gasteiger partial charge in [0, 0.05) is 23.6 Å². The van der Waals surface area contributed by atoms with E-state index >= 15 is 0 Å². The molecular formula is C12H16N2O2. The highest BCUT2D eigenvalue weighted by molar-refractivity contribution is 5.84. The van der Waals surface area contributed by atoms with Gasteiger partial charge in [0.1, 0.15) is 5.75 Å². The molecule has 4 heteroatoms. The summed E-state index contributed by atoms with van der Waals surface area (Å²) in [4.78, 5) is 3.17. The van der Waals surface area contributed by atoms with Crippen molar-refractivity contribution in [3.63, 3.8) is 0 Å². The van der Waals surface area contributed by atoms with E-state index < -0.39 is 0 Å². The molecule has 4 N–H and O–H groups in total. The summed E-state index contributed by atoms with van der Waals surface area (Å²) in [5.74, 6) is 0.289. The predicted molar refractivity (Wildman–Crippen MR) is 63.6 cm³/mol. The summed E-state index contributed by atoms with van der Waals surface area (Å²) in [5, 5.41) is 22.2. The lowest BCUT2D eigenvalue weighted by molar-refractivity contribution is 0.293. The molecule has 0 saturated carbocycles. The molecule has 0 aliphatic heterocycles. The highest BCUT2D eigenvalue weighted by Crippen LogP contribution is 2.22. The van der Waals surface area contributed by atoms with Gasteiger partial charge < -0.3 is 20.5 Å². The Labute approximate surface area is 93.9 Å². The first-order chi connectivity index (χ1) is 7.81. The Morgan fingerprint density at radius 2 is 2.12 bits per heavy atom. The molecule has 0 spiro atoms. The zero-order valence-electron chi connectivity index (χ0n) is 9.03. The van der Waals surface area contributed by atoms with Crippen LogP contribution in [0.1, 0.15) is 5.56 Å². The molecule has 0 fully saturated rings. The highest BCUT2D eigenvalue weighted by atomic mass is 16.3. The molecular weight excluding hydrogens is 204 g/mol. The van der Waals surface area contributed by atoms with Gasteiger partial charge in [0.05, 0.1) is 6.61 Å². The molecule has 0 bridgehead atoms. The maximum absolute atomic E-state index is 9.42. The number of aromatic hydroxyl groups is 1. The van der Waals surface area contributed by atoms with Crippen LogP contribution in [-0.4, -0.2) is 34.9 Å². The number of aliphatic hydroxyl groups is 1. The Hall–Kier alpha value is -1.52. The van der Waals surface area contributed by atoms with Crippen molar-refractivity contribution < 1.29 is 10.2 Å². The zero-order valence-corrected chi connectivity index (χ0v) is 9.03. The van der Waals surface area contributed by atoms with Gasteiger partial charge in [0.2, 0.25) is 0 Å². The largest absolute Gasteiger partial charge is 0.508 e. The van der Waals surface area contributed by atoms with Gasteiger partial charge in [-0.1, -0.05) is 0 Å². The summed E-state index contributed by atoms with van der Waals surface area (Å²) < 4.78 is 0. The third kappa shape index (κ3) is 2.35. The summed E-state index contributed by atoms with van der Waals surface area (Å²) in [5.41, 5.74) is 2.21. The third-order valence-corrected chi connectivity index (χ3v) is 2.61. The Morgan fingerprint density at radius 1 is 1.25 bits per heavy atom. The Bertz CT molecular complexity index is 465. The van der Waals surface area contributed by atoms with Crippen LogP contribution in [0.2, 0.25) is 0 Å². The Kier molecular flexibility index (Phi) is 3.44. The second-order valence-corrected chi connectivity index (χ2v) is 3.77. The van der Waals surface area contributed by atoms with Crippen LogP contribution in [0.3, 0.4) is 0 Å². The maximum atomic E-state index is 9.42. The normalized spacial score (nSPS) is 11.1. The maximum Gasteiger partial charge on any atom is 0.116 e. The number of aliphatic hydroxyl groups excluding tert-OH is 1. The van der Waals surface area contributed by atoms with Crippen LogP contribution in [-0.2, 0) is 6.42 Å². The SMILES string of the molecule is OCCNCCc1c[nH]c2ccc(O)cc12. The topological polar surface area (TPSA) is 68.3 Å². The van der Waals surface area contributed by atoms with Crippen LogP contribution < -0.4 is 5.32 Å². The van der Waals surface area contributed by atoms with E-state index in [1.54, 1.807) is 12.1 Å². The van der Waals surface area contributed by atoms with Crippen LogP contribution in [0, 0.1) is 0 Å². The van der Waals surface area contributed by atoms with Crippen molar-refractivity contribution in [3.8, 4) is 5.75 Å². The van der Waals surface area contributed by atoms with E-state index in [9.17, 15) is 5.11 Å². The van der Waals surface area contributed by atoms with Crippen molar-refractivity contribution in [2.24, 2.45) is 0 Å². The van der Waals surface area contributed by atoms with Crippen molar-refractivity contribution in [3.05, 3.63) is 30.0 Å². The number of fused-ring (bicyclic) bond motifs is 1. The molecule has 0 aliphatic rings. The minimum Gasteiger partial charge on any atom is -0.508 e. The summed E-state index contributed by atoms with van der Waals surface area (Å²) in [6, 6.07) is 5.31. The molecule has 0 unspecified atom stereocenters. The van der Waals surface area contributed by atoms with Gasteiger partial charge in [-0.25, -0.2) is 0 Å². The molecule has 0 amide bonds. The summed E-state index contributed by atoms with van der Waals surface area (Å²) in [6.07, 6.45) is 2.84. The average molecular weight is 220 g/mol. The minimum absolute atomic E-state index is 0.161. The number of nitrogens with one attached hydrogen (secondary N) is 2. The number of phenols is 1. The number of H-pyrrole nitrogens is 1. The first-order valence-electron chi connectivity index (χ1n) is 5.42. The molecule has 1 aromatic heterocycles. The number of aromatic nitrogens is 1. The monoisotopic (exact) mass is 220 g/mol. The molecule has 16 heavy (non-hydrogen) atoms. The van der Waals surface area contributed by atoms with Gasteiger partial charge in [-0.05, 0) is 36.7 Å². The molecule has 2 aromatic rings. The van der Waals surface area contributed by atoms with Crippen molar-refractivity contribution in [1.29, 1.82) is 0 Å². The fraction of sp³-hybridized carbons (Fsp3) is 0.333. The van der Waals surface area contributed by atoms with Gasteiger partial charge in [0.25, 0.3) is 0 Å². The molecule has 4 nitrogen and oxygen atoms in total. The molecule has 2 rings (SSSR count). The number of benzene rings is 1. The molecule has 0 aliphatic carbocycles. The lowest BCUT2D eigenvalue weighted by atomic mass is 10.1. The molecule has 0 atom stereocenters. The number of hydrogen-bond acceptors (Lipinski definition) is 3. The fourth-order valence-corrected chi connectivity index (χ4v) is 1.80. The van der Waals surface area contributed by atoms with Crippen LogP contribution in [0.5, 0.6) is 5.75 Å².